The second-order valence-electron chi connectivity index (χ2n) is 8.19. The molecule has 1 N–H and O–H groups in total. The van der Waals surface area contributed by atoms with Gasteiger partial charge >= 0.3 is 0 Å². The number of hydrogen-bond acceptors (Lipinski definition) is 5. The summed E-state index contributed by atoms with van der Waals surface area (Å²) >= 11 is 0. The van der Waals surface area contributed by atoms with E-state index in [1.165, 1.54) is 18.2 Å². The summed E-state index contributed by atoms with van der Waals surface area (Å²) in [4.78, 5) is 42.1. The number of benzene rings is 2. The lowest BCUT2D eigenvalue weighted by Gasteiger charge is -2.24. The van der Waals surface area contributed by atoms with Crippen molar-refractivity contribution >= 4 is 17.5 Å². The van der Waals surface area contributed by atoms with E-state index in [4.69, 9.17) is 0 Å². The normalized spacial score (nSPS) is 15.4. The third-order valence-corrected chi connectivity index (χ3v) is 5.84. The Bertz CT molecular complexity index is 1180. The fraction of sp³-hybridized carbons (Fsp3) is 0.292. The van der Waals surface area contributed by atoms with Crippen molar-refractivity contribution in [3.05, 3.63) is 93.6 Å². The number of nitro groups is 1. The molecule has 2 aromatic carbocycles. The van der Waals surface area contributed by atoms with E-state index in [-0.39, 0.29) is 17.5 Å². The summed E-state index contributed by atoms with van der Waals surface area (Å²) < 4.78 is 1.97. The Balaban J connectivity index is 1.39. The molecule has 33 heavy (non-hydrogen) atoms. The van der Waals surface area contributed by atoms with Crippen LogP contribution in [-0.4, -0.2) is 43.8 Å². The average Bonchev–Trinajstić information content (AvgIpc) is 3.49. The monoisotopic (exact) mass is 447 g/mol. The first-order chi connectivity index (χ1) is 15.9. The van der Waals surface area contributed by atoms with Gasteiger partial charge in [-0.15, -0.1) is 0 Å². The van der Waals surface area contributed by atoms with Gasteiger partial charge in [-0.05, 0) is 43.0 Å². The van der Waals surface area contributed by atoms with Crippen molar-refractivity contribution in [1.82, 2.24) is 19.8 Å². The minimum absolute atomic E-state index is 0.0301. The molecule has 2 heterocycles. The summed E-state index contributed by atoms with van der Waals surface area (Å²) in [7, 11) is 0. The Morgan fingerprint density at radius 1 is 1.21 bits per heavy atom. The number of carbonyl (C=O) groups is 2. The maximum absolute atomic E-state index is 13.0. The lowest BCUT2D eigenvalue weighted by Crippen LogP contribution is -2.45. The standard InChI is InChI=1S/C24H25N5O4/c1-17-12-20(7-8-21(17)29(32)33)24(31)28-10-3-6-22(28)23(30)26-14-18-4-2-5-19(13-18)15-27-11-9-25-16-27/h2,4-5,7-9,11-13,16,22H,3,6,10,14-15H2,1H3,(H,26,30). The molecular formula is C24H25N5O4. The Labute approximate surface area is 191 Å². The van der Waals surface area contributed by atoms with E-state index in [0.29, 0.717) is 37.2 Å². The number of nitrogens with one attached hydrogen (secondary N) is 1. The van der Waals surface area contributed by atoms with Gasteiger partial charge < -0.3 is 14.8 Å². The predicted molar refractivity (Wildman–Crippen MR) is 122 cm³/mol. The molecule has 1 unspecified atom stereocenters. The second kappa shape index (κ2) is 9.64. The topological polar surface area (TPSA) is 110 Å². The summed E-state index contributed by atoms with van der Waals surface area (Å²) in [5.74, 6) is -0.479. The fourth-order valence-corrected chi connectivity index (χ4v) is 4.18. The predicted octanol–water partition coefficient (Wildman–Crippen LogP) is 3.07. The summed E-state index contributed by atoms with van der Waals surface area (Å²) in [5.41, 5.74) is 2.82. The third-order valence-electron chi connectivity index (χ3n) is 5.84. The molecular weight excluding hydrogens is 422 g/mol. The second-order valence-corrected chi connectivity index (χ2v) is 8.19. The molecule has 1 atom stereocenters. The van der Waals surface area contributed by atoms with Gasteiger partial charge in [-0.25, -0.2) is 4.98 Å². The highest BCUT2D eigenvalue weighted by atomic mass is 16.6. The number of rotatable bonds is 7. The summed E-state index contributed by atoms with van der Waals surface area (Å²) in [6.45, 7) is 3.14. The maximum Gasteiger partial charge on any atom is 0.272 e. The van der Waals surface area contributed by atoms with Crippen LogP contribution in [0, 0.1) is 17.0 Å². The van der Waals surface area contributed by atoms with Crippen molar-refractivity contribution in [3.63, 3.8) is 0 Å². The van der Waals surface area contributed by atoms with Crippen molar-refractivity contribution in [3.8, 4) is 0 Å². The number of nitrogens with zero attached hydrogens (tertiary/aromatic N) is 4. The van der Waals surface area contributed by atoms with Crippen LogP contribution >= 0.6 is 0 Å². The van der Waals surface area contributed by atoms with Gasteiger partial charge in [0.1, 0.15) is 6.04 Å². The molecule has 0 radical (unpaired) electrons. The molecule has 1 fully saturated rings. The zero-order chi connectivity index (χ0) is 23.4. The molecule has 9 nitrogen and oxygen atoms in total. The number of likely N-dealkylation sites (tertiary alicyclic amines) is 1. The lowest BCUT2D eigenvalue weighted by molar-refractivity contribution is -0.385. The zero-order valence-corrected chi connectivity index (χ0v) is 18.3. The number of carbonyl (C=O) groups excluding carboxylic acids is 2. The van der Waals surface area contributed by atoms with Gasteiger partial charge in [-0.1, -0.05) is 24.3 Å². The van der Waals surface area contributed by atoms with Crippen LogP contribution in [0.25, 0.3) is 0 Å². The van der Waals surface area contributed by atoms with Crippen LogP contribution in [0.2, 0.25) is 0 Å². The number of nitro benzene ring substituents is 1. The first-order valence-corrected chi connectivity index (χ1v) is 10.8. The van der Waals surface area contributed by atoms with Crippen LogP contribution in [0.15, 0.2) is 61.2 Å². The van der Waals surface area contributed by atoms with Crippen LogP contribution in [0.1, 0.15) is 39.9 Å². The first-order valence-electron chi connectivity index (χ1n) is 10.8. The van der Waals surface area contributed by atoms with Crippen molar-refractivity contribution < 1.29 is 14.5 Å². The van der Waals surface area contributed by atoms with Crippen LogP contribution in [0.5, 0.6) is 0 Å². The van der Waals surface area contributed by atoms with Gasteiger partial charge in [-0.3, -0.25) is 19.7 Å². The highest BCUT2D eigenvalue weighted by Gasteiger charge is 2.34. The molecule has 1 saturated heterocycles. The molecule has 2 amide bonds. The molecule has 4 rings (SSSR count). The molecule has 3 aromatic rings. The van der Waals surface area contributed by atoms with Gasteiger partial charge in [0.15, 0.2) is 0 Å². The SMILES string of the molecule is Cc1cc(C(=O)N2CCCC2C(=O)NCc2cccc(Cn3ccnc3)c2)ccc1[N+](=O)[O-]. The maximum atomic E-state index is 13.0. The zero-order valence-electron chi connectivity index (χ0n) is 18.3. The quantitative estimate of drug-likeness (QED) is 0.442. The van der Waals surface area contributed by atoms with Gasteiger partial charge in [0.25, 0.3) is 11.6 Å². The van der Waals surface area contributed by atoms with Gasteiger partial charge in [-0.2, -0.15) is 0 Å². The van der Waals surface area contributed by atoms with Gasteiger partial charge in [0.05, 0.1) is 11.3 Å². The molecule has 0 spiro atoms. The summed E-state index contributed by atoms with van der Waals surface area (Å²) in [6.07, 6.45) is 6.70. The van der Waals surface area contributed by atoms with E-state index in [1.807, 2.05) is 35.0 Å². The van der Waals surface area contributed by atoms with E-state index in [2.05, 4.69) is 10.3 Å². The molecule has 1 aliphatic heterocycles. The van der Waals surface area contributed by atoms with Crippen LogP contribution in [-0.2, 0) is 17.9 Å². The Kier molecular flexibility index (Phi) is 6.48. The van der Waals surface area contributed by atoms with Crippen molar-refractivity contribution in [2.75, 3.05) is 6.54 Å². The van der Waals surface area contributed by atoms with Crippen molar-refractivity contribution in [2.24, 2.45) is 0 Å². The largest absolute Gasteiger partial charge is 0.350 e. The molecule has 9 heteroatoms. The first kappa shape index (κ1) is 22.2. The number of imidazole rings is 1. The Morgan fingerprint density at radius 2 is 2.03 bits per heavy atom. The summed E-state index contributed by atoms with van der Waals surface area (Å²) in [5, 5.41) is 14.0. The molecule has 0 saturated carbocycles. The summed E-state index contributed by atoms with van der Waals surface area (Å²) in [6, 6.07) is 11.7. The molecule has 1 aliphatic rings. The fourth-order valence-electron chi connectivity index (χ4n) is 4.18. The number of hydrogen-bond donors (Lipinski definition) is 1. The molecule has 1 aromatic heterocycles. The minimum Gasteiger partial charge on any atom is -0.350 e. The Morgan fingerprint density at radius 3 is 2.76 bits per heavy atom. The van der Waals surface area contributed by atoms with Crippen molar-refractivity contribution in [2.45, 2.75) is 38.9 Å². The molecule has 0 aliphatic carbocycles. The van der Waals surface area contributed by atoms with Crippen LogP contribution in [0.4, 0.5) is 5.69 Å². The Hall–Kier alpha value is -4.01. The van der Waals surface area contributed by atoms with E-state index >= 15 is 0 Å². The number of amides is 2. The van der Waals surface area contributed by atoms with Crippen LogP contribution in [0.3, 0.4) is 0 Å². The van der Waals surface area contributed by atoms with Crippen LogP contribution < -0.4 is 5.32 Å². The highest BCUT2D eigenvalue weighted by Crippen LogP contribution is 2.24. The van der Waals surface area contributed by atoms with Crippen molar-refractivity contribution in [1.29, 1.82) is 0 Å². The van der Waals surface area contributed by atoms with E-state index < -0.39 is 11.0 Å². The third kappa shape index (κ3) is 5.08. The molecule has 170 valence electrons. The van der Waals surface area contributed by atoms with Gasteiger partial charge in [0, 0.05) is 49.2 Å². The van der Waals surface area contributed by atoms with E-state index in [1.54, 1.807) is 24.3 Å². The number of aryl methyl sites for hydroxylation is 1. The highest BCUT2D eigenvalue weighted by molar-refractivity contribution is 5.98. The minimum atomic E-state index is -0.554. The number of aromatic nitrogens is 2. The van der Waals surface area contributed by atoms with E-state index in [0.717, 1.165) is 17.5 Å². The van der Waals surface area contributed by atoms with E-state index in [9.17, 15) is 19.7 Å². The lowest BCUT2D eigenvalue weighted by atomic mass is 10.1. The van der Waals surface area contributed by atoms with Gasteiger partial charge in [0.2, 0.25) is 5.91 Å². The average molecular weight is 447 g/mol. The molecule has 0 bridgehead atoms. The smallest absolute Gasteiger partial charge is 0.272 e.